The van der Waals surface area contributed by atoms with Crippen molar-refractivity contribution < 1.29 is 14.2 Å². The number of methoxy groups -OCH3 is 2. The number of rotatable bonds is 8. The summed E-state index contributed by atoms with van der Waals surface area (Å²) in [5.74, 6) is 2.61. The summed E-state index contributed by atoms with van der Waals surface area (Å²) < 4.78 is 16.4. The van der Waals surface area contributed by atoms with Crippen LogP contribution < -0.4 is 24.8 Å². The maximum atomic E-state index is 5.59. The molecule has 130 valence electrons. The van der Waals surface area contributed by atoms with Gasteiger partial charge in [0.1, 0.15) is 0 Å². The summed E-state index contributed by atoms with van der Waals surface area (Å²) >= 11 is 0. The summed E-state index contributed by atoms with van der Waals surface area (Å²) in [4.78, 5) is 4.13. The monoisotopic (exact) mass is 435 g/mol. The number of halogens is 1. The topological polar surface area (TPSA) is 64.1 Å². The van der Waals surface area contributed by atoms with Gasteiger partial charge < -0.3 is 24.8 Å². The van der Waals surface area contributed by atoms with E-state index in [2.05, 4.69) is 22.2 Å². The summed E-state index contributed by atoms with van der Waals surface area (Å²) in [6.07, 6.45) is 1.77. The van der Waals surface area contributed by atoms with E-state index in [1.54, 1.807) is 27.3 Å². The summed E-state index contributed by atoms with van der Waals surface area (Å²) in [6.45, 7) is 7.36. The molecule has 0 atom stereocenters. The van der Waals surface area contributed by atoms with Crippen LogP contribution in [0.5, 0.6) is 17.2 Å². The third-order valence-electron chi connectivity index (χ3n) is 2.91. The summed E-state index contributed by atoms with van der Waals surface area (Å²) in [6, 6.07) is 3.84. The van der Waals surface area contributed by atoms with E-state index in [1.165, 1.54) is 0 Å². The number of benzene rings is 1. The van der Waals surface area contributed by atoms with E-state index in [-0.39, 0.29) is 24.0 Å². The highest BCUT2D eigenvalue weighted by molar-refractivity contribution is 14.0. The van der Waals surface area contributed by atoms with Crippen LogP contribution in [0.4, 0.5) is 0 Å². The second-order valence-corrected chi connectivity index (χ2v) is 4.36. The van der Waals surface area contributed by atoms with Crippen LogP contribution in [0, 0.1) is 0 Å². The van der Waals surface area contributed by atoms with Crippen LogP contribution >= 0.6 is 24.0 Å². The van der Waals surface area contributed by atoms with Crippen molar-refractivity contribution in [1.29, 1.82) is 0 Å². The minimum Gasteiger partial charge on any atom is -0.493 e. The average Bonchev–Trinajstić information content (AvgIpc) is 2.55. The van der Waals surface area contributed by atoms with Crippen LogP contribution in [0.3, 0.4) is 0 Å². The van der Waals surface area contributed by atoms with Gasteiger partial charge in [-0.1, -0.05) is 6.08 Å². The summed E-state index contributed by atoms with van der Waals surface area (Å²) in [5.41, 5.74) is 0.999. The highest BCUT2D eigenvalue weighted by atomic mass is 127. The summed E-state index contributed by atoms with van der Waals surface area (Å²) in [5, 5.41) is 6.33. The number of hydrogen-bond donors (Lipinski definition) is 2. The first-order valence-electron chi connectivity index (χ1n) is 7.13. The van der Waals surface area contributed by atoms with Crippen molar-refractivity contribution in [3.8, 4) is 17.2 Å². The van der Waals surface area contributed by atoms with Crippen molar-refractivity contribution in [2.75, 3.05) is 34.4 Å². The Hall–Kier alpha value is -1.64. The van der Waals surface area contributed by atoms with Gasteiger partial charge in [-0.15, -0.1) is 30.6 Å². The fourth-order valence-corrected chi connectivity index (χ4v) is 1.90. The van der Waals surface area contributed by atoms with Gasteiger partial charge in [0, 0.05) is 20.1 Å². The maximum Gasteiger partial charge on any atom is 0.203 e. The predicted molar refractivity (Wildman–Crippen MR) is 105 cm³/mol. The van der Waals surface area contributed by atoms with Gasteiger partial charge in [0.15, 0.2) is 17.5 Å². The van der Waals surface area contributed by atoms with Crippen LogP contribution in [-0.4, -0.2) is 40.4 Å². The molecule has 2 N–H and O–H groups in total. The second kappa shape index (κ2) is 11.9. The van der Waals surface area contributed by atoms with Crippen molar-refractivity contribution in [2.45, 2.75) is 13.5 Å². The molecule has 0 amide bonds. The quantitative estimate of drug-likeness (QED) is 0.285. The van der Waals surface area contributed by atoms with Gasteiger partial charge in [-0.2, -0.15) is 0 Å². The predicted octanol–water partition coefficient (Wildman–Crippen LogP) is 2.57. The van der Waals surface area contributed by atoms with Crippen molar-refractivity contribution in [3.05, 3.63) is 30.4 Å². The Morgan fingerprint density at radius 1 is 1.22 bits per heavy atom. The number of hydrogen-bond acceptors (Lipinski definition) is 4. The van der Waals surface area contributed by atoms with E-state index in [1.807, 2.05) is 19.1 Å². The zero-order valence-corrected chi connectivity index (χ0v) is 16.5. The van der Waals surface area contributed by atoms with Gasteiger partial charge in [0.2, 0.25) is 5.75 Å². The lowest BCUT2D eigenvalue weighted by atomic mass is 10.2. The Morgan fingerprint density at radius 3 is 2.26 bits per heavy atom. The van der Waals surface area contributed by atoms with Gasteiger partial charge >= 0.3 is 0 Å². The molecule has 1 rings (SSSR count). The third-order valence-corrected chi connectivity index (χ3v) is 2.91. The van der Waals surface area contributed by atoms with Crippen LogP contribution in [-0.2, 0) is 6.54 Å². The zero-order chi connectivity index (χ0) is 16.4. The first-order valence-corrected chi connectivity index (χ1v) is 7.13. The molecule has 0 aromatic heterocycles. The average molecular weight is 435 g/mol. The molecular weight excluding hydrogens is 409 g/mol. The molecule has 0 aliphatic heterocycles. The molecule has 0 spiro atoms. The Balaban J connectivity index is 0.00000484. The molecule has 1 aromatic rings. The molecule has 6 nitrogen and oxygen atoms in total. The molecule has 0 heterocycles. The molecule has 0 unspecified atom stereocenters. The van der Waals surface area contributed by atoms with Crippen LogP contribution in [0.2, 0.25) is 0 Å². The molecule has 0 aliphatic rings. The molecule has 0 saturated heterocycles. The molecule has 7 heteroatoms. The van der Waals surface area contributed by atoms with Crippen molar-refractivity contribution in [1.82, 2.24) is 10.6 Å². The molecule has 0 radical (unpaired) electrons. The van der Waals surface area contributed by atoms with E-state index in [4.69, 9.17) is 14.2 Å². The van der Waals surface area contributed by atoms with Crippen LogP contribution in [0.1, 0.15) is 12.5 Å². The first-order chi connectivity index (χ1) is 10.7. The number of guanidine groups is 1. The van der Waals surface area contributed by atoms with Gasteiger partial charge in [0.05, 0.1) is 20.8 Å². The van der Waals surface area contributed by atoms with Crippen molar-refractivity contribution in [3.63, 3.8) is 0 Å². The molecular formula is C16H26IN3O3. The Morgan fingerprint density at radius 2 is 1.83 bits per heavy atom. The second-order valence-electron chi connectivity index (χ2n) is 4.36. The summed E-state index contributed by atoms with van der Waals surface area (Å²) in [7, 11) is 4.94. The Bertz CT molecular complexity index is 496. The van der Waals surface area contributed by atoms with E-state index in [9.17, 15) is 0 Å². The minimum absolute atomic E-state index is 0. The maximum absolute atomic E-state index is 5.59. The normalized spacial score (nSPS) is 10.3. The minimum atomic E-state index is 0. The highest BCUT2D eigenvalue weighted by Gasteiger charge is 2.13. The molecule has 0 bridgehead atoms. The van der Waals surface area contributed by atoms with Gasteiger partial charge in [0.25, 0.3) is 0 Å². The number of nitrogens with one attached hydrogen (secondary N) is 2. The van der Waals surface area contributed by atoms with Crippen LogP contribution in [0.15, 0.2) is 29.8 Å². The lowest BCUT2D eigenvalue weighted by Crippen LogP contribution is -2.36. The smallest absolute Gasteiger partial charge is 0.203 e. The number of aliphatic imine (C=N–C) groups is 1. The van der Waals surface area contributed by atoms with E-state index >= 15 is 0 Å². The van der Waals surface area contributed by atoms with Crippen molar-refractivity contribution >= 4 is 29.9 Å². The van der Waals surface area contributed by atoms with E-state index < -0.39 is 0 Å². The first kappa shape index (κ1) is 21.4. The fraction of sp³-hybridized carbons (Fsp3) is 0.438. The lowest BCUT2D eigenvalue weighted by molar-refractivity contribution is 0.288. The van der Waals surface area contributed by atoms with Crippen molar-refractivity contribution in [2.24, 2.45) is 4.99 Å². The van der Waals surface area contributed by atoms with E-state index in [0.29, 0.717) is 42.9 Å². The fourth-order valence-electron chi connectivity index (χ4n) is 1.90. The van der Waals surface area contributed by atoms with Gasteiger partial charge in [-0.25, -0.2) is 0 Å². The number of nitrogens with zero attached hydrogens (tertiary/aromatic N) is 1. The van der Waals surface area contributed by atoms with Gasteiger partial charge in [-0.3, -0.25) is 4.99 Å². The highest BCUT2D eigenvalue weighted by Crippen LogP contribution is 2.38. The Labute approximate surface area is 155 Å². The van der Waals surface area contributed by atoms with Gasteiger partial charge in [-0.05, 0) is 24.6 Å². The molecule has 1 aromatic carbocycles. The van der Waals surface area contributed by atoms with Crippen LogP contribution in [0.25, 0.3) is 0 Å². The zero-order valence-electron chi connectivity index (χ0n) is 14.1. The SMILES string of the molecule is C=CCNC(=NC)NCc1cc(OC)c(OCC)c(OC)c1.I. The Kier molecular flexibility index (Phi) is 11.0. The van der Waals surface area contributed by atoms with E-state index in [0.717, 1.165) is 5.56 Å². The third kappa shape index (κ3) is 6.55. The largest absolute Gasteiger partial charge is 0.493 e. The molecule has 0 aliphatic carbocycles. The molecule has 0 fully saturated rings. The standard InChI is InChI=1S/C16H25N3O3.HI/c1-6-8-18-16(17-3)19-11-12-9-13(20-4)15(22-7-2)14(10-12)21-5;/h6,9-10H,1,7-8,11H2,2-5H3,(H2,17,18,19);1H. The lowest BCUT2D eigenvalue weighted by Gasteiger charge is -2.16. The number of ether oxygens (including phenoxy) is 3. The molecule has 0 saturated carbocycles. The molecule has 23 heavy (non-hydrogen) atoms.